The number of aryl methyl sites for hydroxylation is 1. The maximum Gasteiger partial charge on any atom is 0.120 e. The van der Waals surface area contributed by atoms with Crippen LogP contribution in [-0.2, 0) is 0 Å². The summed E-state index contributed by atoms with van der Waals surface area (Å²) in [6.07, 6.45) is 3.90. The average molecular weight is 454 g/mol. The summed E-state index contributed by atoms with van der Waals surface area (Å²) in [5, 5.41) is 21.9. The van der Waals surface area contributed by atoms with Gasteiger partial charge in [0.15, 0.2) is 0 Å². The lowest BCUT2D eigenvalue weighted by Crippen LogP contribution is -2.33. The number of aromatic hydroxyl groups is 2. The first-order valence-electron chi connectivity index (χ1n) is 12.1. The molecule has 4 aromatic carbocycles. The standard InChI is InChI=1S/C30H31NO3/c1-21-5-12-26(34-18-17-31-15-3-2-4-16-31)20-29(21)30-27(22-6-9-24(32)10-7-22)13-8-23-19-25(33)11-14-28(23)30/h5-14,19-20,32-33H,2-4,15-18H2,1H3. The number of piperidine rings is 1. The number of nitrogens with zero attached hydrogens (tertiary/aromatic N) is 1. The Bertz CT molecular complexity index is 1290. The van der Waals surface area contributed by atoms with Crippen LogP contribution in [0.25, 0.3) is 33.0 Å². The monoisotopic (exact) mass is 453 g/mol. The highest BCUT2D eigenvalue weighted by Crippen LogP contribution is 2.41. The molecule has 4 aromatic rings. The molecule has 0 atom stereocenters. The molecule has 0 radical (unpaired) electrons. The van der Waals surface area contributed by atoms with E-state index in [0.717, 1.165) is 50.9 Å². The Morgan fingerprint density at radius 1 is 0.765 bits per heavy atom. The SMILES string of the molecule is Cc1ccc(OCCN2CCCCC2)cc1-c1c(-c2ccc(O)cc2)ccc2cc(O)ccc12. The van der Waals surface area contributed by atoms with Crippen molar-refractivity contribution in [1.82, 2.24) is 4.90 Å². The minimum atomic E-state index is 0.247. The van der Waals surface area contributed by atoms with Crippen LogP contribution in [0.5, 0.6) is 17.2 Å². The zero-order valence-corrected chi connectivity index (χ0v) is 19.6. The minimum absolute atomic E-state index is 0.247. The van der Waals surface area contributed by atoms with Crippen molar-refractivity contribution in [2.75, 3.05) is 26.2 Å². The summed E-state index contributed by atoms with van der Waals surface area (Å²) in [4.78, 5) is 2.48. The molecule has 1 aliphatic rings. The molecule has 174 valence electrons. The van der Waals surface area contributed by atoms with Gasteiger partial charge in [-0.1, -0.05) is 42.8 Å². The van der Waals surface area contributed by atoms with Gasteiger partial charge >= 0.3 is 0 Å². The van der Waals surface area contributed by atoms with E-state index in [1.54, 1.807) is 24.3 Å². The van der Waals surface area contributed by atoms with E-state index in [9.17, 15) is 10.2 Å². The van der Waals surface area contributed by atoms with Crippen LogP contribution in [0.1, 0.15) is 24.8 Å². The van der Waals surface area contributed by atoms with E-state index in [-0.39, 0.29) is 11.5 Å². The molecule has 0 amide bonds. The molecule has 4 heteroatoms. The summed E-state index contributed by atoms with van der Waals surface area (Å²) in [7, 11) is 0. The summed E-state index contributed by atoms with van der Waals surface area (Å²) in [6.45, 7) is 6.08. The van der Waals surface area contributed by atoms with E-state index < -0.39 is 0 Å². The van der Waals surface area contributed by atoms with Crippen molar-refractivity contribution in [3.63, 3.8) is 0 Å². The van der Waals surface area contributed by atoms with Gasteiger partial charge < -0.3 is 14.9 Å². The summed E-state index contributed by atoms with van der Waals surface area (Å²) in [5.74, 6) is 1.36. The largest absolute Gasteiger partial charge is 0.508 e. The Morgan fingerprint density at radius 3 is 2.32 bits per heavy atom. The molecule has 0 unspecified atom stereocenters. The maximum absolute atomic E-state index is 10.1. The van der Waals surface area contributed by atoms with Gasteiger partial charge in [-0.15, -0.1) is 0 Å². The van der Waals surface area contributed by atoms with Gasteiger partial charge in [0, 0.05) is 6.54 Å². The number of fused-ring (bicyclic) bond motifs is 1. The van der Waals surface area contributed by atoms with Crippen LogP contribution >= 0.6 is 0 Å². The quantitative estimate of drug-likeness (QED) is 0.339. The highest BCUT2D eigenvalue weighted by atomic mass is 16.5. The number of hydrogen-bond acceptors (Lipinski definition) is 4. The summed E-state index contributed by atoms with van der Waals surface area (Å²) < 4.78 is 6.20. The molecule has 0 spiro atoms. The maximum atomic E-state index is 10.1. The third-order valence-electron chi connectivity index (χ3n) is 6.78. The molecule has 0 bridgehead atoms. The van der Waals surface area contributed by atoms with Crippen LogP contribution in [0.4, 0.5) is 0 Å². The predicted octanol–water partition coefficient (Wildman–Crippen LogP) is 6.76. The van der Waals surface area contributed by atoms with Crippen LogP contribution in [-0.4, -0.2) is 41.4 Å². The van der Waals surface area contributed by atoms with Gasteiger partial charge in [0.05, 0.1) is 0 Å². The molecule has 1 fully saturated rings. The summed E-state index contributed by atoms with van der Waals surface area (Å²) in [5.41, 5.74) is 5.46. The van der Waals surface area contributed by atoms with Crippen LogP contribution in [0.3, 0.4) is 0 Å². The molecule has 2 N–H and O–H groups in total. The Balaban J connectivity index is 1.55. The first-order chi connectivity index (χ1) is 16.6. The van der Waals surface area contributed by atoms with Gasteiger partial charge in [-0.05, 0) is 108 Å². The van der Waals surface area contributed by atoms with Crippen LogP contribution in [0.2, 0.25) is 0 Å². The summed E-state index contributed by atoms with van der Waals surface area (Å²) in [6, 6.07) is 23.3. The second kappa shape index (κ2) is 9.78. The first-order valence-corrected chi connectivity index (χ1v) is 12.1. The van der Waals surface area contributed by atoms with Gasteiger partial charge in [0.2, 0.25) is 0 Å². The highest BCUT2D eigenvalue weighted by Gasteiger charge is 2.16. The zero-order valence-electron chi connectivity index (χ0n) is 19.6. The molecule has 4 nitrogen and oxygen atoms in total. The van der Waals surface area contributed by atoms with E-state index in [4.69, 9.17) is 4.74 Å². The molecule has 1 heterocycles. The second-order valence-electron chi connectivity index (χ2n) is 9.17. The average Bonchev–Trinajstić information content (AvgIpc) is 2.85. The van der Waals surface area contributed by atoms with Crippen molar-refractivity contribution >= 4 is 10.8 Å². The Hall–Kier alpha value is -3.50. The molecule has 0 saturated carbocycles. The molecule has 34 heavy (non-hydrogen) atoms. The van der Waals surface area contributed by atoms with Crippen molar-refractivity contribution in [2.24, 2.45) is 0 Å². The van der Waals surface area contributed by atoms with E-state index in [1.807, 2.05) is 30.3 Å². The molecule has 0 aliphatic carbocycles. The topological polar surface area (TPSA) is 52.9 Å². The van der Waals surface area contributed by atoms with Crippen molar-refractivity contribution in [2.45, 2.75) is 26.2 Å². The van der Waals surface area contributed by atoms with Gasteiger partial charge in [-0.3, -0.25) is 4.90 Å². The molecule has 1 aliphatic heterocycles. The second-order valence-corrected chi connectivity index (χ2v) is 9.17. The zero-order chi connectivity index (χ0) is 23.5. The van der Waals surface area contributed by atoms with Crippen LogP contribution in [0.15, 0.2) is 72.8 Å². The number of phenols is 2. The molecular formula is C30H31NO3. The van der Waals surface area contributed by atoms with Crippen molar-refractivity contribution in [3.05, 3.63) is 78.4 Å². The Labute approximate surface area is 201 Å². The Kier molecular flexibility index (Phi) is 6.41. The smallest absolute Gasteiger partial charge is 0.120 e. The fourth-order valence-corrected chi connectivity index (χ4v) is 4.92. The molecule has 1 saturated heterocycles. The van der Waals surface area contributed by atoms with Crippen LogP contribution in [0, 0.1) is 6.92 Å². The fraction of sp³-hybridized carbons (Fsp3) is 0.267. The van der Waals surface area contributed by atoms with Crippen LogP contribution < -0.4 is 4.74 Å². The lowest BCUT2D eigenvalue weighted by molar-refractivity contribution is 0.183. The van der Waals surface area contributed by atoms with E-state index in [1.165, 1.54) is 32.4 Å². The number of phenolic OH excluding ortho intramolecular Hbond substituents is 2. The van der Waals surface area contributed by atoms with Gasteiger partial charge in [-0.25, -0.2) is 0 Å². The summed E-state index contributed by atoms with van der Waals surface area (Å²) >= 11 is 0. The fourth-order valence-electron chi connectivity index (χ4n) is 4.92. The number of ether oxygens (including phenoxy) is 1. The molecular weight excluding hydrogens is 422 g/mol. The van der Waals surface area contributed by atoms with E-state index in [2.05, 4.69) is 30.0 Å². The van der Waals surface area contributed by atoms with Gasteiger partial charge in [0.1, 0.15) is 23.9 Å². The molecule has 5 rings (SSSR count). The van der Waals surface area contributed by atoms with Gasteiger partial charge in [-0.2, -0.15) is 0 Å². The predicted molar refractivity (Wildman–Crippen MR) is 139 cm³/mol. The minimum Gasteiger partial charge on any atom is -0.508 e. The molecule has 0 aromatic heterocycles. The lowest BCUT2D eigenvalue weighted by atomic mass is 9.88. The first kappa shape index (κ1) is 22.3. The van der Waals surface area contributed by atoms with Crippen molar-refractivity contribution in [3.8, 4) is 39.5 Å². The lowest BCUT2D eigenvalue weighted by Gasteiger charge is -2.26. The number of hydrogen-bond donors (Lipinski definition) is 2. The van der Waals surface area contributed by atoms with E-state index >= 15 is 0 Å². The highest BCUT2D eigenvalue weighted by molar-refractivity contribution is 6.05. The van der Waals surface area contributed by atoms with Gasteiger partial charge in [0.25, 0.3) is 0 Å². The third kappa shape index (κ3) is 4.73. The van der Waals surface area contributed by atoms with Crippen molar-refractivity contribution < 1.29 is 14.9 Å². The van der Waals surface area contributed by atoms with E-state index in [0.29, 0.717) is 6.61 Å². The third-order valence-corrected chi connectivity index (χ3v) is 6.78. The Morgan fingerprint density at radius 2 is 1.53 bits per heavy atom. The number of benzene rings is 4. The number of likely N-dealkylation sites (tertiary alicyclic amines) is 1. The normalized spacial score (nSPS) is 14.4. The number of rotatable bonds is 6. The van der Waals surface area contributed by atoms with Crippen molar-refractivity contribution in [1.29, 1.82) is 0 Å².